The van der Waals surface area contributed by atoms with E-state index in [1.54, 1.807) is 6.20 Å². The molecule has 1 fully saturated rings. The Hall–Kier alpha value is -1.81. The van der Waals surface area contributed by atoms with Gasteiger partial charge >= 0.3 is 0 Å². The van der Waals surface area contributed by atoms with Gasteiger partial charge in [-0.15, -0.1) is 0 Å². The molecule has 0 amide bonds. The van der Waals surface area contributed by atoms with E-state index in [2.05, 4.69) is 20.2 Å². The van der Waals surface area contributed by atoms with E-state index in [1.807, 2.05) is 31.2 Å². The van der Waals surface area contributed by atoms with Crippen molar-refractivity contribution in [3.8, 4) is 0 Å². The van der Waals surface area contributed by atoms with Crippen molar-refractivity contribution in [3.05, 3.63) is 41.0 Å². The molecule has 1 aromatic heterocycles. The summed E-state index contributed by atoms with van der Waals surface area (Å²) in [7, 11) is 0. The predicted octanol–water partition coefficient (Wildman–Crippen LogP) is 4.17. The van der Waals surface area contributed by atoms with Crippen LogP contribution >= 0.6 is 11.6 Å². The molecular formula is C16H19ClN4. The molecule has 21 heavy (non-hydrogen) atoms. The van der Waals surface area contributed by atoms with Crippen LogP contribution in [0.5, 0.6) is 0 Å². The summed E-state index contributed by atoms with van der Waals surface area (Å²) in [6.07, 6.45) is 5.59. The molecule has 1 N–H and O–H groups in total. The van der Waals surface area contributed by atoms with Gasteiger partial charge in [0.2, 0.25) is 5.95 Å². The van der Waals surface area contributed by atoms with Crippen LogP contribution in [-0.2, 0) is 0 Å². The maximum Gasteiger partial charge on any atom is 0.229 e. The van der Waals surface area contributed by atoms with Gasteiger partial charge in [0.15, 0.2) is 0 Å². The normalized spacial score (nSPS) is 15.0. The zero-order valence-corrected chi connectivity index (χ0v) is 12.9. The molecule has 0 aliphatic carbocycles. The fraction of sp³-hybridized carbons (Fsp3) is 0.375. The number of aromatic nitrogens is 2. The Morgan fingerprint density at radius 1 is 1.14 bits per heavy atom. The molecule has 0 radical (unpaired) electrons. The molecule has 1 aliphatic rings. The van der Waals surface area contributed by atoms with E-state index in [0.717, 1.165) is 35.2 Å². The van der Waals surface area contributed by atoms with E-state index < -0.39 is 0 Å². The number of halogens is 1. The lowest BCUT2D eigenvalue weighted by Crippen LogP contribution is -2.30. The largest absolute Gasteiger partial charge is 0.356 e. The van der Waals surface area contributed by atoms with Crippen LogP contribution in [0.4, 0.5) is 17.5 Å². The number of hydrogen-bond donors (Lipinski definition) is 1. The average molecular weight is 303 g/mol. The van der Waals surface area contributed by atoms with E-state index in [4.69, 9.17) is 11.6 Å². The van der Waals surface area contributed by atoms with Crippen molar-refractivity contribution in [1.82, 2.24) is 9.97 Å². The van der Waals surface area contributed by atoms with Gasteiger partial charge in [0.05, 0.1) is 0 Å². The zero-order valence-electron chi connectivity index (χ0n) is 12.1. The van der Waals surface area contributed by atoms with Crippen LogP contribution in [-0.4, -0.2) is 23.1 Å². The van der Waals surface area contributed by atoms with Crippen molar-refractivity contribution in [2.75, 3.05) is 23.3 Å². The molecule has 0 unspecified atom stereocenters. The Kier molecular flexibility index (Phi) is 4.25. The Bertz CT molecular complexity index is 623. The highest BCUT2D eigenvalue weighted by molar-refractivity contribution is 6.31. The standard InChI is InChI=1S/C16H19ClN4/c1-12-13(17)6-5-7-14(12)19-16-18-9-8-15(20-16)21-10-3-2-4-11-21/h5-9H,2-4,10-11H2,1H3,(H,18,19,20). The molecule has 1 aliphatic heterocycles. The summed E-state index contributed by atoms with van der Waals surface area (Å²) in [5.74, 6) is 1.61. The second-order valence-electron chi connectivity index (χ2n) is 5.32. The summed E-state index contributed by atoms with van der Waals surface area (Å²) in [5.41, 5.74) is 1.95. The summed E-state index contributed by atoms with van der Waals surface area (Å²) in [4.78, 5) is 11.3. The van der Waals surface area contributed by atoms with E-state index in [9.17, 15) is 0 Å². The summed E-state index contributed by atoms with van der Waals surface area (Å²) in [5, 5.41) is 4.00. The van der Waals surface area contributed by atoms with Gasteiger partial charge in [-0.25, -0.2) is 4.98 Å². The second-order valence-corrected chi connectivity index (χ2v) is 5.73. The molecule has 0 bridgehead atoms. The molecular weight excluding hydrogens is 284 g/mol. The molecule has 5 heteroatoms. The molecule has 0 spiro atoms. The topological polar surface area (TPSA) is 41.1 Å². The van der Waals surface area contributed by atoms with Gasteiger partial charge in [0.25, 0.3) is 0 Å². The molecule has 4 nitrogen and oxygen atoms in total. The van der Waals surface area contributed by atoms with Gasteiger partial charge in [-0.2, -0.15) is 4.98 Å². The Balaban J connectivity index is 1.81. The van der Waals surface area contributed by atoms with Crippen molar-refractivity contribution in [2.45, 2.75) is 26.2 Å². The van der Waals surface area contributed by atoms with Crippen LogP contribution in [0.15, 0.2) is 30.5 Å². The highest BCUT2D eigenvalue weighted by Crippen LogP contribution is 2.25. The van der Waals surface area contributed by atoms with Crippen LogP contribution in [0, 0.1) is 6.92 Å². The third-order valence-corrected chi connectivity index (χ3v) is 4.24. The van der Waals surface area contributed by atoms with Gasteiger partial charge in [-0.3, -0.25) is 0 Å². The van der Waals surface area contributed by atoms with Crippen LogP contribution in [0.1, 0.15) is 24.8 Å². The first-order valence-electron chi connectivity index (χ1n) is 7.34. The second kappa shape index (κ2) is 6.31. The molecule has 3 rings (SSSR count). The third kappa shape index (κ3) is 3.27. The first-order chi connectivity index (χ1) is 10.2. The van der Waals surface area contributed by atoms with Crippen LogP contribution in [0.25, 0.3) is 0 Å². The lowest BCUT2D eigenvalue weighted by atomic mass is 10.1. The maximum absolute atomic E-state index is 6.14. The fourth-order valence-corrected chi connectivity index (χ4v) is 2.75. The monoisotopic (exact) mass is 302 g/mol. The van der Waals surface area contributed by atoms with E-state index in [1.165, 1.54) is 19.3 Å². The maximum atomic E-state index is 6.14. The van der Waals surface area contributed by atoms with E-state index in [-0.39, 0.29) is 0 Å². The fourth-order valence-electron chi connectivity index (χ4n) is 2.57. The Morgan fingerprint density at radius 2 is 1.95 bits per heavy atom. The van der Waals surface area contributed by atoms with Gasteiger partial charge in [-0.1, -0.05) is 17.7 Å². The molecule has 1 aromatic carbocycles. The number of nitrogens with zero attached hydrogens (tertiary/aromatic N) is 3. The number of hydrogen-bond acceptors (Lipinski definition) is 4. The SMILES string of the molecule is Cc1c(Cl)cccc1Nc1nccc(N2CCCCC2)n1. The smallest absolute Gasteiger partial charge is 0.229 e. The minimum absolute atomic E-state index is 0.614. The number of anilines is 3. The molecule has 110 valence electrons. The lowest BCUT2D eigenvalue weighted by Gasteiger charge is -2.27. The van der Waals surface area contributed by atoms with Gasteiger partial charge in [0, 0.05) is 30.0 Å². The predicted molar refractivity (Wildman–Crippen MR) is 87.6 cm³/mol. The number of nitrogens with one attached hydrogen (secondary N) is 1. The highest BCUT2D eigenvalue weighted by atomic mass is 35.5. The summed E-state index contributed by atoms with van der Waals surface area (Å²) < 4.78 is 0. The van der Waals surface area contributed by atoms with Crippen molar-refractivity contribution >= 4 is 29.1 Å². The molecule has 0 atom stereocenters. The molecule has 1 saturated heterocycles. The van der Waals surface area contributed by atoms with Crippen LogP contribution < -0.4 is 10.2 Å². The first kappa shape index (κ1) is 14.1. The quantitative estimate of drug-likeness (QED) is 0.924. The van der Waals surface area contributed by atoms with Gasteiger partial charge < -0.3 is 10.2 Å². The Labute approximate surface area is 130 Å². The zero-order chi connectivity index (χ0) is 14.7. The lowest BCUT2D eigenvalue weighted by molar-refractivity contribution is 0.573. The van der Waals surface area contributed by atoms with E-state index >= 15 is 0 Å². The first-order valence-corrected chi connectivity index (χ1v) is 7.72. The number of benzene rings is 1. The van der Waals surface area contributed by atoms with Crippen LogP contribution in [0.3, 0.4) is 0 Å². The summed E-state index contributed by atoms with van der Waals surface area (Å²) in [6.45, 7) is 4.14. The number of rotatable bonds is 3. The van der Waals surface area contributed by atoms with Crippen LogP contribution in [0.2, 0.25) is 5.02 Å². The number of piperidine rings is 1. The van der Waals surface area contributed by atoms with Crippen molar-refractivity contribution in [1.29, 1.82) is 0 Å². The summed E-state index contributed by atoms with van der Waals surface area (Å²) >= 11 is 6.14. The Morgan fingerprint density at radius 3 is 2.76 bits per heavy atom. The van der Waals surface area contributed by atoms with Gasteiger partial charge in [-0.05, 0) is 49.9 Å². The minimum Gasteiger partial charge on any atom is -0.356 e. The molecule has 2 heterocycles. The average Bonchev–Trinajstić information content (AvgIpc) is 2.53. The highest BCUT2D eigenvalue weighted by Gasteiger charge is 2.13. The van der Waals surface area contributed by atoms with E-state index in [0.29, 0.717) is 5.95 Å². The molecule has 0 saturated carbocycles. The molecule has 2 aromatic rings. The third-order valence-electron chi connectivity index (χ3n) is 3.84. The van der Waals surface area contributed by atoms with Crippen molar-refractivity contribution < 1.29 is 0 Å². The van der Waals surface area contributed by atoms with Crippen molar-refractivity contribution in [2.24, 2.45) is 0 Å². The van der Waals surface area contributed by atoms with Gasteiger partial charge in [0.1, 0.15) is 5.82 Å². The summed E-state index contributed by atoms with van der Waals surface area (Å²) in [6, 6.07) is 7.76. The minimum atomic E-state index is 0.614. The van der Waals surface area contributed by atoms with Crippen molar-refractivity contribution in [3.63, 3.8) is 0 Å².